The fourth-order valence-corrected chi connectivity index (χ4v) is 3.20. The maximum atomic E-state index is 11.9. The molecule has 6 nitrogen and oxygen atoms in total. The molecule has 1 aliphatic rings. The third kappa shape index (κ3) is 5.71. The number of hydrogen-bond acceptors (Lipinski definition) is 4. The molecule has 1 fully saturated rings. The van der Waals surface area contributed by atoms with Gasteiger partial charge < -0.3 is 20.3 Å². The van der Waals surface area contributed by atoms with Crippen molar-refractivity contribution in [3.8, 4) is 0 Å². The van der Waals surface area contributed by atoms with Gasteiger partial charge in [0.15, 0.2) is 0 Å². The molecule has 1 aliphatic heterocycles. The van der Waals surface area contributed by atoms with Crippen LogP contribution in [0.1, 0.15) is 11.1 Å². The van der Waals surface area contributed by atoms with Crippen LogP contribution in [0, 0.1) is 0 Å². The normalized spacial score (nSPS) is 13.8. The molecule has 0 aliphatic carbocycles. The Hall–Kier alpha value is -2.57. The number of benzene rings is 2. The molecular weight excluding hydrogens is 378 g/mol. The van der Waals surface area contributed by atoms with E-state index in [0.29, 0.717) is 18.0 Å². The number of carbonyl (C=O) groups excluding carboxylic acids is 2. The van der Waals surface area contributed by atoms with E-state index in [0.717, 1.165) is 37.4 Å². The number of anilines is 1. The lowest BCUT2D eigenvalue weighted by Crippen LogP contribution is -2.40. The fraction of sp³-hybridized carbons (Fsp3) is 0.333. The van der Waals surface area contributed by atoms with Crippen molar-refractivity contribution in [2.75, 3.05) is 37.7 Å². The van der Waals surface area contributed by atoms with E-state index < -0.39 is 11.8 Å². The molecule has 2 N–H and O–H groups in total. The van der Waals surface area contributed by atoms with Gasteiger partial charge in [0.25, 0.3) is 0 Å². The summed E-state index contributed by atoms with van der Waals surface area (Å²) in [5.74, 6) is -1.31. The monoisotopic (exact) mass is 401 g/mol. The third-order valence-corrected chi connectivity index (χ3v) is 4.98. The largest absolute Gasteiger partial charge is 0.378 e. The Kier molecular flexibility index (Phi) is 7.28. The van der Waals surface area contributed by atoms with Gasteiger partial charge in [-0.25, -0.2) is 0 Å². The number of morpholine rings is 1. The minimum Gasteiger partial charge on any atom is -0.378 e. The number of carbonyl (C=O) groups is 2. The Morgan fingerprint density at radius 2 is 1.64 bits per heavy atom. The van der Waals surface area contributed by atoms with Gasteiger partial charge in [0.1, 0.15) is 0 Å². The molecule has 0 atom stereocenters. The van der Waals surface area contributed by atoms with Crippen LogP contribution >= 0.6 is 11.6 Å². The molecular formula is C21H24ClN3O3. The van der Waals surface area contributed by atoms with Crippen molar-refractivity contribution in [2.24, 2.45) is 0 Å². The topological polar surface area (TPSA) is 70.7 Å². The summed E-state index contributed by atoms with van der Waals surface area (Å²) in [6, 6.07) is 15.5. The van der Waals surface area contributed by atoms with E-state index in [-0.39, 0.29) is 6.54 Å². The van der Waals surface area contributed by atoms with Crippen molar-refractivity contribution in [2.45, 2.75) is 13.0 Å². The highest BCUT2D eigenvalue weighted by atomic mass is 35.5. The fourth-order valence-electron chi connectivity index (χ4n) is 2.99. The third-order valence-electron chi connectivity index (χ3n) is 4.62. The van der Waals surface area contributed by atoms with Gasteiger partial charge in [0, 0.05) is 36.9 Å². The highest BCUT2D eigenvalue weighted by Gasteiger charge is 2.13. The first-order chi connectivity index (χ1) is 13.6. The molecule has 2 amide bonds. The van der Waals surface area contributed by atoms with Crippen LogP contribution < -0.4 is 15.5 Å². The Labute approximate surface area is 169 Å². The van der Waals surface area contributed by atoms with Crippen molar-refractivity contribution < 1.29 is 14.3 Å². The summed E-state index contributed by atoms with van der Waals surface area (Å²) >= 11 is 6.04. The van der Waals surface area contributed by atoms with E-state index in [2.05, 4.69) is 39.8 Å². The molecule has 0 unspecified atom stereocenters. The van der Waals surface area contributed by atoms with Gasteiger partial charge in [-0.05, 0) is 35.7 Å². The minimum atomic E-state index is -0.664. The average Bonchev–Trinajstić information content (AvgIpc) is 2.74. The number of halogens is 1. The molecule has 1 heterocycles. The van der Waals surface area contributed by atoms with Crippen molar-refractivity contribution >= 4 is 29.1 Å². The maximum absolute atomic E-state index is 11.9. The van der Waals surface area contributed by atoms with Crippen LogP contribution in [0.2, 0.25) is 5.02 Å². The van der Waals surface area contributed by atoms with Crippen LogP contribution in [0.15, 0.2) is 48.5 Å². The van der Waals surface area contributed by atoms with Crippen LogP contribution in [0.25, 0.3) is 0 Å². The summed E-state index contributed by atoms with van der Waals surface area (Å²) in [4.78, 5) is 26.1. The number of ether oxygens (including phenoxy) is 1. The molecule has 0 aromatic heterocycles. The molecule has 3 rings (SSSR count). The first-order valence-electron chi connectivity index (χ1n) is 9.34. The predicted molar refractivity (Wildman–Crippen MR) is 109 cm³/mol. The van der Waals surface area contributed by atoms with Gasteiger partial charge in [0.05, 0.1) is 13.2 Å². The van der Waals surface area contributed by atoms with Gasteiger partial charge in [0.2, 0.25) is 0 Å². The molecule has 2 aromatic rings. The summed E-state index contributed by atoms with van der Waals surface area (Å²) in [5.41, 5.74) is 3.05. The van der Waals surface area contributed by atoms with Gasteiger partial charge in [-0.1, -0.05) is 41.9 Å². The minimum absolute atomic E-state index is 0.217. The molecule has 0 radical (unpaired) electrons. The molecule has 0 spiro atoms. The van der Waals surface area contributed by atoms with E-state index in [1.54, 1.807) is 12.1 Å². The Morgan fingerprint density at radius 3 is 2.36 bits per heavy atom. The maximum Gasteiger partial charge on any atom is 0.309 e. The number of amides is 2. The summed E-state index contributed by atoms with van der Waals surface area (Å²) in [5, 5.41) is 5.79. The highest BCUT2D eigenvalue weighted by Crippen LogP contribution is 2.17. The molecule has 1 saturated heterocycles. The summed E-state index contributed by atoms with van der Waals surface area (Å²) in [6.07, 6.45) is 0.660. The quantitative estimate of drug-likeness (QED) is 0.728. The number of nitrogens with one attached hydrogen (secondary N) is 2. The van der Waals surface area contributed by atoms with Crippen LogP contribution in [0.4, 0.5) is 5.69 Å². The molecule has 0 bridgehead atoms. The van der Waals surface area contributed by atoms with Crippen molar-refractivity contribution in [3.05, 3.63) is 64.7 Å². The second-order valence-corrected chi connectivity index (χ2v) is 6.95. The average molecular weight is 402 g/mol. The number of nitrogens with zero attached hydrogens (tertiary/aromatic N) is 1. The summed E-state index contributed by atoms with van der Waals surface area (Å²) in [6.45, 7) is 3.93. The van der Waals surface area contributed by atoms with Crippen molar-refractivity contribution in [1.29, 1.82) is 0 Å². The van der Waals surface area contributed by atoms with Gasteiger partial charge in [-0.15, -0.1) is 0 Å². The van der Waals surface area contributed by atoms with E-state index >= 15 is 0 Å². The Balaban J connectivity index is 1.39. The molecule has 7 heteroatoms. The zero-order valence-electron chi connectivity index (χ0n) is 15.6. The van der Waals surface area contributed by atoms with Gasteiger partial charge in [-0.2, -0.15) is 0 Å². The first kappa shape index (κ1) is 20.2. The van der Waals surface area contributed by atoms with Crippen LogP contribution in [0.3, 0.4) is 0 Å². The molecule has 0 saturated carbocycles. The zero-order valence-corrected chi connectivity index (χ0v) is 16.4. The summed E-state index contributed by atoms with van der Waals surface area (Å²) in [7, 11) is 0. The summed E-state index contributed by atoms with van der Waals surface area (Å²) < 4.78 is 5.37. The first-order valence-corrected chi connectivity index (χ1v) is 9.72. The lowest BCUT2D eigenvalue weighted by molar-refractivity contribution is -0.139. The molecule has 28 heavy (non-hydrogen) atoms. The van der Waals surface area contributed by atoms with E-state index in [1.807, 2.05) is 12.1 Å². The van der Waals surface area contributed by atoms with E-state index in [4.69, 9.17) is 16.3 Å². The lowest BCUT2D eigenvalue weighted by Gasteiger charge is -2.28. The molecule has 2 aromatic carbocycles. The van der Waals surface area contributed by atoms with Crippen molar-refractivity contribution in [1.82, 2.24) is 10.6 Å². The lowest BCUT2D eigenvalue weighted by atomic mass is 10.1. The zero-order chi connectivity index (χ0) is 19.8. The van der Waals surface area contributed by atoms with E-state index in [9.17, 15) is 9.59 Å². The second kappa shape index (κ2) is 10.1. The molecule has 148 valence electrons. The Bertz CT molecular complexity index is 805. The number of rotatable bonds is 6. The van der Waals surface area contributed by atoms with Crippen molar-refractivity contribution in [3.63, 3.8) is 0 Å². The highest BCUT2D eigenvalue weighted by molar-refractivity contribution is 6.35. The van der Waals surface area contributed by atoms with Gasteiger partial charge in [-0.3, -0.25) is 9.59 Å². The Morgan fingerprint density at radius 1 is 0.964 bits per heavy atom. The standard InChI is InChI=1S/C21H24ClN3O3/c22-19-4-2-1-3-17(19)15-24-21(27)20(26)23-10-9-16-5-7-18(8-6-16)25-11-13-28-14-12-25/h1-8H,9-15H2,(H,23,26)(H,24,27). The predicted octanol–water partition coefficient (Wildman–Crippen LogP) is 2.15. The second-order valence-electron chi connectivity index (χ2n) is 6.55. The van der Waals surface area contributed by atoms with Gasteiger partial charge >= 0.3 is 11.8 Å². The van der Waals surface area contributed by atoms with Crippen LogP contribution in [0.5, 0.6) is 0 Å². The smallest absolute Gasteiger partial charge is 0.309 e. The van der Waals surface area contributed by atoms with Crippen LogP contribution in [-0.2, 0) is 27.3 Å². The van der Waals surface area contributed by atoms with E-state index in [1.165, 1.54) is 5.69 Å². The number of hydrogen-bond donors (Lipinski definition) is 2. The van der Waals surface area contributed by atoms with Crippen LogP contribution in [-0.4, -0.2) is 44.7 Å². The SMILES string of the molecule is O=C(NCCc1ccc(N2CCOCC2)cc1)C(=O)NCc1ccccc1Cl.